The molecular formula is C13H17NO5. The molecule has 2 atom stereocenters. The number of benzene rings is 1. The minimum atomic E-state index is -0.570. The van der Waals surface area contributed by atoms with E-state index >= 15 is 0 Å². The lowest BCUT2D eigenvalue weighted by Crippen LogP contribution is -2.34. The van der Waals surface area contributed by atoms with Crippen molar-refractivity contribution in [3.8, 4) is 11.5 Å². The molecule has 1 aliphatic rings. The van der Waals surface area contributed by atoms with Crippen LogP contribution in [0.4, 0.5) is 5.69 Å². The zero-order valence-corrected chi connectivity index (χ0v) is 10.7. The Morgan fingerprint density at radius 1 is 1.37 bits per heavy atom. The average molecular weight is 267 g/mol. The molecule has 1 aromatic carbocycles. The summed E-state index contributed by atoms with van der Waals surface area (Å²) in [7, 11) is 1.49. The molecule has 1 N–H and O–H groups in total. The minimum absolute atomic E-state index is 0.112. The fraction of sp³-hybridized carbons (Fsp3) is 0.538. The SMILES string of the molecule is COc1ccc([N+](=O)[O-])c(O[C@H]2CCCC[C@@H]2O)c1. The minimum Gasteiger partial charge on any atom is -0.497 e. The summed E-state index contributed by atoms with van der Waals surface area (Å²) in [6, 6.07) is 4.35. The second-order valence-electron chi connectivity index (χ2n) is 4.60. The molecule has 6 heteroatoms. The predicted octanol–water partition coefficient (Wildman–Crippen LogP) is 2.29. The molecule has 104 valence electrons. The van der Waals surface area contributed by atoms with Crippen LogP contribution < -0.4 is 9.47 Å². The van der Waals surface area contributed by atoms with E-state index in [0.29, 0.717) is 18.6 Å². The Balaban J connectivity index is 2.23. The lowest BCUT2D eigenvalue weighted by Gasteiger charge is -2.28. The van der Waals surface area contributed by atoms with Crippen LogP contribution in [0, 0.1) is 10.1 Å². The van der Waals surface area contributed by atoms with E-state index in [1.807, 2.05) is 0 Å². The fourth-order valence-electron chi connectivity index (χ4n) is 2.24. The molecule has 1 saturated carbocycles. The monoisotopic (exact) mass is 267 g/mol. The highest BCUT2D eigenvalue weighted by Gasteiger charge is 2.27. The molecule has 1 aromatic rings. The van der Waals surface area contributed by atoms with Gasteiger partial charge in [0.15, 0.2) is 0 Å². The van der Waals surface area contributed by atoms with Crippen LogP contribution in [0.1, 0.15) is 25.7 Å². The number of rotatable bonds is 4. The molecule has 6 nitrogen and oxygen atoms in total. The normalized spacial score (nSPS) is 22.8. The van der Waals surface area contributed by atoms with Crippen LogP contribution in [0.2, 0.25) is 0 Å². The Hall–Kier alpha value is -1.82. The van der Waals surface area contributed by atoms with Gasteiger partial charge in [-0.3, -0.25) is 10.1 Å². The highest BCUT2D eigenvalue weighted by Crippen LogP contribution is 2.34. The van der Waals surface area contributed by atoms with E-state index in [4.69, 9.17) is 9.47 Å². The van der Waals surface area contributed by atoms with E-state index in [2.05, 4.69) is 0 Å². The number of nitro groups is 1. The van der Waals surface area contributed by atoms with Crippen molar-refractivity contribution in [2.24, 2.45) is 0 Å². The summed E-state index contributed by atoms with van der Waals surface area (Å²) in [5.74, 6) is 0.640. The Labute approximate surface area is 111 Å². The first kappa shape index (κ1) is 13.6. The number of hydrogen-bond acceptors (Lipinski definition) is 5. The van der Waals surface area contributed by atoms with Crippen molar-refractivity contribution < 1.29 is 19.5 Å². The smallest absolute Gasteiger partial charge is 0.311 e. The van der Waals surface area contributed by atoms with Crippen LogP contribution in [0.25, 0.3) is 0 Å². The molecule has 0 heterocycles. The maximum Gasteiger partial charge on any atom is 0.311 e. The van der Waals surface area contributed by atoms with E-state index in [1.165, 1.54) is 25.3 Å². The zero-order valence-electron chi connectivity index (χ0n) is 10.7. The topological polar surface area (TPSA) is 81.8 Å². The molecule has 0 aromatic heterocycles. The van der Waals surface area contributed by atoms with Gasteiger partial charge in [0.2, 0.25) is 5.75 Å². The quantitative estimate of drug-likeness (QED) is 0.668. The van der Waals surface area contributed by atoms with E-state index in [9.17, 15) is 15.2 Å². The van der Waals surface area contributed by atoms with E-state index in [0.717, 1.165) is 12.8 Å². The summed E-state index contributed by atoms with van der Waals surface area (Å²) in [5, 5.41) is 20.8. The van der Waals surface area contributed by atoms with Crippen LogP contribution >= 0.6 is 0 Å². The first-order valence-corrected chi connectivity index (χ1v) is 6.29. The molecule has 19 heavy (non-hydrogen) atoms. The highest BCUT2D eigenvalue weighted by atomic mass is 16.6. The Kier molecular flexibility index (Phi) is 4.21. The van der Waals surface area contributed by atoms with Crippen molar-refractivity contribution in [1.82, 2.24) is 0 Å². The van der Waals surface area contributed by atoms with Gasteiger partial charge in [0.1, 0.15) is 11.9 Å². The van der Waals surface area contributed by atoms with Gasteiger partial charge in [-0.15, -0.1) is 0 Å². The Morgan fingerprint density at radius 2 is 2.11 bits per heavy atom. The molecule has 2 rings (SSSR count). The third-order valence-corrected chi connectivity index (χ3v) is 3.31. The third-order valence-electron chi connectivity index (χ3n) is 3.31. The van der Waals surface area contributed by atoms with Gasteiger partial charge in [-0.2, -0.15) is 0 Å². The van der Waals surface area contributed by atoms with Crippen LogP contribution in [0.3, 0.4) is 0 Å². The largest absolute Gasteiger partial charge is 0.497 e. The molecule has 0 radical (unpaired) electrons. The molecular weight excluding hydrogens is 250 g/mol. The molecule has 0 spiro atoms. The summed E-state index contributed by atoms with van der Waals surface area (Å²) >= 11 is 0. The van der Waals surface area contributed by atoms with Gasteiger partial charge >= 0.3 is 5.69 Å². The van der Waals surface area contributed by atoms with Crippen LogP contribution in [0.15, 0.2) is 18.2 Å². The van der Waals surface area contributed by atoms with Gasteiger partial charge in [0.25, 0.3) is 0 Å². The van der Waals surface area contributed by atoms with E-state index in [1.54, 1.807) is 0 Å². The van der Waals surface area contributed by atoms with E-state index < -0.39 is 11.0 Å². The van der Waals surface area contributed by atoms with E-state index in [-0.39, 0.29) is 17.5 Å². The maximum atomic E-state index is 11.0. The maximum absolute atomic E-state index is 11.0. The standard InChI is InChI=1S/C13H17NO5/c1-18-9-6-7-10(14(16)17)13(8-9)19-12-5-3-2-4-11(12)15/h6-8,11-12,15H,2-5H2,1H3/t11-,12-/m0/s1. The third kappa shape index (κ3) is 3.14. The zero-order chi connectivity index (χ0) is 13.8. The van der Waals surface area contributed by atoms with Crippen molar-refractivity contribution in [1.29, 1.82) is 0 Å². The van der Waals surface area contributed by atoms with Gasteiger partial charge in [-0.1, -0.05) is 6.42 Å². The average Bonchev–Trinajstić information content (AvgIpc) is 2.41. The van der Waals surface area contributed by atoms with Gasteiger partial charge in [-0.05, 0) is 25.3 Å². The highest BCUT2D eigenvalue weighted by molar-refractivity contribution is 5.50. The number of hydrogen-bond donors (Lipinski definition) is 1. The van der Waals surface area contributed by atoms with Gasteiger partial charge in [-0.25, -0.2) is 0 Å². The number of aliphatic hydroxyl groups is 1. The van der Waals surface area contributed by atoms with Gasteiger partial charge in [0, 0.05) is 12.1 Å². The molecule has 0 bridgehead atoms. The lowest BCUT2D eigenvalue weighted by atomic mass is 9.95. The number of nitro benzene ring substituents is 1. The predicted molar refractivity (Wildman–Crippen MR) is 68.5 cm³/mol. The molecule has 0 aliphatic heterocycles. The van der Waals surface area contributed by atoms with Gasteiger partial charge in [0.05, 0.1) is 18.1 Å². The fourth-order valence-corrected chi connectivity index (χ4v) is 2.24. The summed E-state index contributed by atoms with van der Waals surface area (Å²) in [5.41, 5.74) is -0.112. The second kappa shape index (κ2) is 5.88. The van der Waals surface area contributed by atoms with Crippen LogP contribution in [-0.2, 0) is 0 Å². The number of nitrogens with zero attached hydrogens (tertiary/aromatic N) is 1. The van der Waals surface area contributed by atoms with Crippen molar-refractivity contribution in [3.63, 3.8) is 0 Å². The number of aliphatic hydroxyl groups excluding tert-OH is 1. The summed E-state index contributed by atoms with van der Waals surface area (Å²) in [6.45, 7) is 0. The molecule has 0 saturated heterocycles. The molecule has 0 amide bonds. The van der Waals surface area contributed by atoms with Crippen molar-refractivity contribution >= 4 is 5.69 Å². The molecule has 1 aliphatic carbocycles. The molecule has 0 unspecified atom stereocenters. The number of ether oxygens (including phenoxy) is 2. The van der Waals surface area contributed by atoms with Crippen molar-refractivity contribution in [2.75, 3.05) is 7.11 Å². The molecule has 1 fully saturated rings. The number of methoxy groups -OCH3 is 1. The van der Waals surface area contributed by atoms with Crippen molar-refractivity contribution in [2.45, 2.75) is 37.9 Å². The second-order valence-corrected chi connectivity index (χ2v) is 4.60. The lowest BCUT2D eigenvalue weighted by molar-refractivity contribution is -0.386. The van der Waals surface area contributed by atoms with Crippen molar-refractivity contribution in [3.05, 3.63) is 28.3 Å². The van der Waals surface area contributed by atoms with Crippen LogP contribution in [-0.4, -0.2) is 29.3 Å². The van der Waals surface area contributed by atoms with Crippen LogP contribution in [0.5, 0.6) is 11.5 Å². The Bertz CT molecular complexity index is 462. The van der Waals surface area contributed by atoms with Gasteiger partial charge < -0.3 is 14.6 Å². The summed E-state index contributed by atoms with van der Waals surface area (Å²) < 4.78 is 10.7. The first-order valence-electron chi connectivity index (χ1n) is 6.29. The first-order chi connectivity index (χ1) is 9.11. The summed E-state index contributed by atoms with van der Waals surface area (Å²) in [6.07, 6.45) is 2.33. The summed E-state index contributed by atoms with van der Waals surface area (Å²) in [4.78, 5) is 10.5. The Morgan fingerprint density at radius 3 is 2.74 bits per heavy atom.